The molecule has 7 heteroatoms. The van der Waals surface area contributed by atoms with Gasteiger partial charge in [0, 0.05) is 32.2 Å². The quantitative estimate of drug-likeness (QED) is 0.816. The van der Waals surface area contributed by atoms with E-state index in [0.717, 1.165) is 18.7 Å². The molecule has 0 bridgehead atoms. The number of hydrogen-bond acceptors (Lipinski definition) is 5. The number of ether oxygens (including phenoxy) is 2. The number of benzene rings is 1. The Hall–Kier alpha value is -0.990. The van der Waals surface area contributed by atoms with Crippen molar-refractivity contribution in [2.24, 2.45) is 0 Å². The summed E-state index contributed by atoms with van der Waals surface area (Å²) >= 11 is 0. The van der Waals surface area contributed by atoms with Crippen molar-refractivity contribution in [3.63, 3.8) is 0 Å². The normalized spacial score (nSPS) is 27.2. The molecule has 2 aliphatic heterocycles. The van der Waals surface area contributed by atoms with Gasteiger partial charge in [-0.1, -0.05) is 12.1 Å². The van der Waals surface area contributed by atoms with E-state index in [1.165, 1.54) is 4.31 Å². The first-order chi connectivity index (χ1) is 11.5. The largest absolute Gasteiger partial charge is 0.379 e. The van der Waals surface area contributed by atoms with E-state index in [-0.39, 0.29) is 6.10 Å². The molecular formula is C17H26N2O4S. The van der Waals surface area contributed by atoms with Crippen LogP contribution in [0.2, 0.25) is 0 Å². The molecule has 1 aromatic carbocycles. The first kappa shape index (κ1) is 17.8. The van der Waals surface area contributed by atoms with Crippen molar-refractivity contribution in [2.45, 2.75) is 37.4 Å². The zero-order chi connectivity index (χ0) is 17.2. The second-order valence-corrected chi connectivity index (χ2v) is 8.52. The van der Waals surface area contributed by atoms with Crippen LogP contribution in [0.4, 0.5) is 0 Å². The Balaban J connectivity index is 1.76. The molecule has 2 atom stereocenters. The molecule has 0 spiro atoms. The van der Waals surface area contributed by atoms with Gasteiger partial charge in [0.25, 0.3) is 0 Å². The van der Waals surface area contributed by atoms with Crippen molar-refractivity contribution >= 4 is 10.0 Å². The van der Waals surface area contributed by atoms with Gasteiger partial charge in [0.2, 0.25) is 10.0 Å². The minimum Gasteiger partial charge on any atom is -0.379 e. The number of morpholine rings is 2. The lowest BCUT2D eigenvalue weighted by Crippen LogP contribution is -2.46. The zero-order valence-electron chi connectivity index (χ0n) is 14.3. The molecule has 0 N–H and O–H groups in total. The van der Waals surface area contributed by atoms with Crippen LogP contribution < -0.4 is 0 Å². The van der Waals surface area contributed by atoms with Crippen molar-refractivity contribution in [3.8, 4) is 0 Å². The lowest BCUT2D eigenvalue weighted by Gasteiger charge is -2.36. The van der Waals surface area contributed by atoms with E-state index in [4.69, 9.17) is 9.47 Å². The van der Waals surface area contributed by atoms with Gasteiger partial charge in [0.1, 0.15) is 0 Å². The summed E-state index contributed by atoms with van der Waals surface area (Å²) in [6.45, 7) is 8.29. The highest BCUT2D eigenvalue weighted by Crippen LogP contribution is 2.21. The molecule has 0 saturated carbocycles. The van der Waals surface area contributed by atoms with Crippen molar-refractivity contribution in [1.29, 1.82) is 0 Å². The first-order valence-electron chi connectivity index (χ1n) is 8.49. The Morgan fingerprint density at radius 1 is 1.21 bits per heavy atom. The molecule has 2 fully saturated rings. The van der Waals surface area contributed by atoms with Crippen molar-refractivity contribution < 1.29 is 17.9 Å². The van der Waals surface area contributed by atoms with Crippen LogP contribution in [-0.4, -0.2) is 69.2 Å². The van der Waals surface area contributed by atoms with E-state index in [9.17, 15) is 8.42 Å². The Morgan fingerprint density at radius 3 is 2.71 bits per heavy atom. The molecule has 2 saturated heterocycles. The number of nitrogens with zero attached hydrogens (tertiary/aromatic N) is 2. The van der Waals surface area contributed by atoms with Gasteiger partial charge in [-0.25, -0.2) is 8.42 Å². The van der Waals surface area contributed by atoms with Crippen LogP contribution >= 0.6 is 0 Å². The molecule has 134 valence electrons. The van der Waals surface area contributed by atoms with Crippen molar-refractivity contribution in [3.05, 3.63) is 29.8 Å². The van der Waals surface area contributed by atoms with Crippen molar-refractivity contribution in [2.75, 3.05) is 39.5 Å². The lowest BCUT2D eigenvalue weighted by atomic mass is 10.1. The number of rotatable bonds is 4. The van der Waals surface area contributed by atoms with Crippen LogP contribution in [0.5, 0.6) is 0 Å². The smallest absolute Gasteiger partial charge is 0.243 e. The second-order valence-electron chi connectivity index (χ2n) is 6.59. The van der Waals surface area contributed by atoms with Crippen LogP contribution in [-0.2, 0) is 26.0 Å². The average Bonchev–Trinajstić information content (AvgIpc) is 2.59. The van der Waals surface area contributed by atoms with Crippen LogP contribution in [0.3, 0.4) is 0 Å². The third kappa shape index (κ3) is 3.97. The summed E-state index contributed by atoms with van der Waals surface area (Å²) in [6.07, 6.45) is 0.210. The third-order valence-corrected chi connectivity index (χ3v) is 6.52. The van der Waals surface area contributed by atoms with Crippen molar-refractivity contribution in [1.82, 2.24) is 9.21 Å². The summed E-state index contributed by atoms with van der Waals surface area (Å²) in [6, 6.07) is 7.64. The fourth-order valence-electron chi connectivity index (χ4n) is 3.17. The van der Waals surface area contributed by atoms with E-state index in [1.807, 2.05) is 12.1 Å². The monoisotopic (exact) mass is 354 g/mol. The minimum atomic E-state index is -3.44. The standard InChI is InChI=1S/C17H26N2O4S/c1-14-13-23-15(2)11-18(14)12-16-4-3-5-17(10-16)24(20,21)19-6-8-22-9-7-19/h3-5,10,14-15H,6-9,11-13H2,1-2H3/t14-,15+/m1/s1. The molecule has 0 amide bonds. The number of sulfonamides is 1. The van der Waals surface area contributed by atoms with E-state index < -0.39 is 10.0 Å². The maximum absolute atomic E-state index is 12.8. The Bertz CT molecular complexity index is 658. The Labute approximate surface area is 144 Å². The highest BCUT2D eigenvalue weighted by Gasteiger charge is 2.27. The summed E-state index contributed by atoms with van der Waals surface area (Å²) in [5.41, 5.74) is 1.02. The molecule has 0 unspecified atom stereocenters. The summed E-state index contributed by atoms with van der Waals surface area (Å²) in [5, 5.41) is 0. The Kier molecular flexibility index (Phi) is 5.56. The molecular weight excluding hydrogens is 328 g/mol. The second kappa shape index (κ2) is 7.49. The van der Waals surface area contributed by atoms with Gasteiger partial charge in [0.15, 0.2) is 0 Å². The third-order valence-electron chi connectivity index (χ3n) is 4.63. The predicted octanol–water partition coefficient (Wildman–Crippen LogP) is 1.32. The zero-order valence-corrected chi connectivity index (χ0v) is 15.2. The van der Waals surface area contributed by atoms with Crippen LogP contribution in [0.25, 0.3) is 0 Å². The van der Waals surface area contributed by atoms with Gasteiger partial charge in [-0.05, 0) is 31.5 Å². The fraction of sp³-hybridized carbons (Fsp3) is 0.647. The van der Waals surface area contributed by atoms with Crippen LogP contribution in [0.15, 0.2) is 29.2 Å². The molecule has 1 aromatic rings. The van der Waals surface area contributed by atoms with E-state index in [0.29, 0.717) is 43.8 Å². The highest BCUT2D eigenvalue weighted by atomic mass is 32.2. The van der Waals surface area contributed by atoms with Crippen LogP contribution in [0, 0.1) is 0 Å². The van der Waals surface area contributed by atoms with E-state index in [1.54, 1.807) is 12.1 Å². The molecule has 6 nitrogen and oxygen atoms in total. The number of hydrogen-bond donors (Lipinski definition) is 0. The summed E-state index contributed by atoms with van der Waals surface area (Å²) < 4.78 is 38.0. The first-order valence-corrected chi connectivity index (χ1v) is 9.93. The predicted molar refractivity (Wildman–Crippen MR) is 91.3 cm³/mol. The average molecular weight is 354 g/mol. The molecule has 0 radical (unpaired) electrons. The molecule has 2 aliphatic rings. The van der Waals surface area contributed by atoms with E-state index in [2.05, 4.69) is 18.7 Å². The van der Waals surface area contributed by atoms with Gasteiger partial charge in [-0.3, -0.25) is 4.90 Å². The van der Waals surface area contributed by atoms with Crippen LogP contribution in [0.1, 0.15) is 19.4 Å². The lowest BCUT2D eigenvalue weighted by molar-refractivity contribution is -0.0526. The molecule has 0 aliphatic carbocycles. The minimum absolute atomic E-state index is 0.210. The summed E-state index contributed by atoms with van der Waals surface area (Å²) in [7, 11) is -3.44. The highest BCUT2D eigenvalue weighted by molar-refractivity contribution is 7.89. The van der Waals surface area contributed by atoms with E-state index >= 15 is 0 Å². The summed E-state index contributed by atoms with van der Waals surface area (Å²) in [4.78, 5) is 2.71. The molecule has 3 rings (SSSR count). The maximum atomic E-state index is 12.8. The maximum Gasteiger partial charge on any atom is 0.243 e. The van der Waals surface area contributed by atoms with Gasteiger partial charge in [-0.15, -0.1) is 0 Å². The SMILES string of the molecule is C[C@@H]1CO[C@@H](C)CN1Cc1cccc(S(=O)(=O)N2CCOCC2)c1. The van der Waals surface area contributed by atoms with Gasteiger partial charge >= 0.3 is 0 Å². The molecule has 24 heavy (non-hydrogen) atoms. The molecule has 2 heterocycles. The summed E-state index contributed by atoms with van der Waals surface area (Å²) in [5.74, 6) is 0. The van der Waals surface area contributed by atoms with Gasteiger partial charge in [0.05, 0.1) is 30.8 Å². The van der Waals surface area contributed by atoms with Gasteiger partial charge in [-0.2, -0.15) is 4.31 Å². The molecule has 0 aromatic heterocycles. The van der Waals surface area contributed by atoms with Gasteiger partial charge < -0.3 is 9.47 Å². The Morgan fingerprint density at radius 2 is 1.96 bits per heavy atom. The fourth-order valence-corrected chi connectivity index (χ4v) is 4.65. The topological polar surface area (TPSA) is 59.1 Å².